The molecule has 0 saturated carbocycles. The maximum Gasteiger partial charge on any atom is 0.223 e. The summed E-state index contributed by atoms with van der Waals surface area (Å²) in [6.07, 6.45) is 3.06. The zero-order valence-electron chi connectivity index (χ0n) is 11.0. The molecule has 3 heteroatoms. The van der Waals surface area contributed by atoms with Crippen LogP contribution in [0.15, 0.2) is 0 Å². The summed E-state index contributed by atoms with van der Waals surface area (Å²) >= 11 is 0. The fourth-order valence-electron chi connectivity index (χ4n) is 2.21. The topological polar surface area (TPSA) is 41.1 Å². The third kappa shape index (κ3) is 3.78. The number of nitrogens with one attached hydrogen (secondary N) is 2. The van der Waals surface area contributed by atoms with Gasteiger partial charge in [0, 0.05) is 18.0 Å². The minimum atomic E-state index is 0.211. The van der Waals surface area contributed by atoms with Gasteiger partial charge in [0.25, 0.3) is 0 Å². The van der Waals surface area contributed by atoms with Gasteiger partial charge in [-0.3, -0.25) is 4.79 Å². The van der Waals surface area contributed by atoms with E-state index in [0.29, 0.717) is 18.0 Å². The van der Waals surface area contributed by atoms with Gasteiger partial charge in [-0.2, -0.15) is 0 Å². The van der Waals surface area contributed by atoms with E-state index in [1.165, 1.54) is 0 Å². The van der Waals surface area contributed by atoms with Crippen LogP contribution in [0.5, 0.6) is 0 Å². The summed E-state index contributed by atoms with van der Waals surface area (Å²) < 4.78 is 0. The fraction of sp³-hybridized carbons (Fsp3) is 0.923. The summed E-state index contributed by atoms with van der Waals surface area (Å²) in [6, 6.07) is 0.770. The first-order valence-corrected chi connectivity index (χ1v) is 6.58. The smallest absolute Gasteiger partial charge is 0.223 e. The fourth-order valence-corrected chi connectivity index (χ4v) is 2.21. The molecule has 16 heavy (non-hydrogen) atoms. The molecule has 0 bridgehead atoms. The Hall–Kier alpha value is -0.570. The van der Waals surface area contributed by atoms with Gasteiger partial charge in [0.2, 0.25) is 5.91 Å². The van der Waals surface area contributed by atoms with Crippen molar-refractivity contribution in [1.29, 1.82) is 0 Å². The Labute approximate surface area is 99.4 Å². The van der Waals surface area contributed by atoms with Gasteiger partial charge >= 0.3 is 0 Å². The van der Waals surface area contributed by atoms with E-state index >= 15 is 0 Å². The lowest BCUT2D eigenvalue weighted by Crippen LogP contribution is -2.46. The SMILES string of the molecule is CCC(C)C(C)NC(=O)[C@H]1CCN[C@@H](C)C1. The maximum atomic E-state index is 12.0. The Bertz CT molecular complexity index is 230. The third-order valence-electron chi connectivity index (χ3n) is 3.86. The van der Waals surface area contributed by atoms with Crippen molar-refractivity contribution in [3.8, 4) is 0 Å². The quantitative estimate of drug-likeness (QED) is 0.769. The number of hydrogen-bond donors (Lipinski definition) is 2. The lowest BCUT2D eigenvalue weighted by atomic mass is 9.91. The second kappa shape index (κ2) is 6.24. The molecule has 4 atom stereocenters. The second-order valence-electron chi connectivity index (χ2n) is 5.26. The second-order valence-corrected chi connectivity index (χ2v) is 5.26. The van der Waals surface area contributed by atoms with Gasteiger partial charge in [0.15, 0.2) is 0 Å². The molecule has 1 aliphatic rings. The molecule has 0 spiro atoms. The van der Waals surface area contributed by atoms with Crippen molar-refractivity contribution in [1.82, 2.24) is 10.6 Å². The highest BCUT2D eigenvalue weighted by Crippen LogP contribution is 2.17. The molecule has 1 amide bonds. The van der Waals surface area contributed by atoms with Crippen LogP contribution in [0.3, 0.4) is 0 Å². The Balaban J connectivity index is 2.39. The molecule has 1 aliphatic heterocycles. The predicted molar refractivity (Wildman–Crippen MR) is 67.2 cm³/mol. The first-order chi connectivity index (χ1) is 7.54. The van der Waals surface area contributed by atoms with Crippen molar-refractivity contribution >= 4 is 5.91 Å². The van der Waals surface area contributed by atoms with Gasteiger partial charge in [0.05, 0.1) is 0 Å². The number of carbonyl (C=O) groups excluding carboxylic acids is 1. The number of carbonyl (C=O) groups is 1. The summed E-state index contributed by atoms with van der Waals surface area (Å²) in [4.78, 5) is 12.0. The molecule has 1 saturated heterocycles. The maximum absolute atomic E-state index is 12.0. The molecule has 0 aromatic carbocycles. The van der Waals surface area contributed by atoms with E-state index in [0.717, 1.165) is 25.8 Å². The molecule has 0 aliphatic carbocycles. The third-order valence-corrected chi connectivity index (χ3v) is 3.86. The molecular weight excluding hydrogens is 200 g/mol. The molecule has 2 unspecified atom stereocenters. The van der Waals surface area contributed by atoms with E-state index in [1.54, 1.807) is 0 Å². The molecule has 3 nitrogen and oxygen atoms in total. The Morgan fingerprint density at radius 1 is 1.50 bits per heavy atom. The minimum Gasteiger partial charge on any atom is -0.353 e. The molecule has 1 heterocycles. The normalized spacial score (nSPS) is 29.5. The van der Waals surface area contributed by atoms with Crippen molar-refractivity contribution < 1.29 is 4.79 Å². The molecule has 1 fully saturated rings. The average Bonchev–Trinajstić information content (AvgIpc) is 2.27. The first kappa shape index (κ1) is 13.5. The average molecular weight is 226 g/mol. The number of rotatable bonds is 4. The lowest BCUT2D eigenvalue weighted by Gasteiger charge is -2.29. The zero-order valence-corrected chi connectivity index (χ0v) is 11.0. The van der Waals surface area contributed by atoms with Crippen molar-refractivity contribution in [3.05, 3.63) is 0 Å². The van der Waals surface area contributed by atoms with Crippen molar-refractivity contribution in [3.63, 3.8) is 0 Å². The molecule has 2 N–H and O–H groups in total. The van der Waals surface area contributed by atoms with Crippen LogP contribution >= 0.6 is 0 Å². The Kier molecular flexibility index (Phi) is 5.26. The van der Waals surface area contributed by atoms with Gasteiger partial charge in [-0.05, 0) is 39.2 Å². The van der Waals surface area contributed by atoms with Crippen LogP contribution in [0.4, 0.5) is 0 Å². The van der Waals surface area contributed by atoms with Crippen LogP contribution in [0.1, 0.15) is 47.0 Å². The van der Waals surface area contributed by atoms with Crippen LogP contribution in [-0.4, -0.2) is 24.5 Å². The monoisotopic (exact) mass is 226 g/mol. The van der Waals surface area contributed by atoms with Gasteiger partial charge in [-0.25, -0.2) is 0 Å². The van der Waals surface area contributed by atoms with Crippen molar-refractivity contribution in [2.24, 2.45) is 11.8 Å². The van der Waals surface area contributed by atoms with Crippen LogP contribution in [0, 0.1) is 11.8 Å². The molecule has 0 aromatic rings. The van der Waals surface area contributed by atoms with Gasteiger partial charge in [-0.15, -0.1) is 0 Å². The van der Waals surface area contributed by atoms with E-state index in [2.05, 4.69) is 38.3 Å². The van der Waals surface area contributed by atoms with Crippen LogP contribution < -0.4 is 10.6 Å². The molecule has 94 valence electrons. The van der Waals surface area contributed by atoms with Crippen LogP contribution in [0.2, 0.25) is 0 Å². The van der Waals surface area contributed by atoms with E-state index in [4.69, 9.17) is 0 Å². The molecule has 1 rings (SSSR count). The van der Waals surface area contributed by atoms with Crippen molar-refractivity contribution in [2.75, 3.05) is 6.54 Å². The number of piperidine rings is 1. The Morgan fingerprint density at radius 2 is 2.19 bits per heavy atom. The number of amides is 1. The Morgan fingerprint density at radius 3 is 2.75 bits per heavy atom. The van der Waals surface area contributed by atoms with Crippen LogP contribution in [0.25, 0.3) is 0 Å². The molecule has 0 radical (unpaired) electrons. The summed E-state index contributed by atoms with van der Waals surface area (Å²) in [5, 5.41) is 6.53. The number of hydrogen-bond acceptors (Lipinski definition) is 2. The summed E-state index contributed by atoms with van der Waals surface area (Å²) in [7, 11) is 0. The summed E-state index contributed by atoms with van der Waals surface area (Å²) in [6.45, 7) is 9.58. The summed E-state index contributed by atoms with van der Waals surface area (Å²) in [5.74, 6) is 1.02. The minimum absolute atomic E-state index is 0.211. The predicted octanol–water partition coefficient (Wildman–Crippen LogP) is 1.93. The van der Waals surface area contributed by atoms with E-state index in [1.807, 2.05) is 0 Å². The molecule has 0 aromatic heterocycles. The largest absolute Gasteiger partial charge is 0.353 e. The summed E-state index contributed by atoms with van der Waals surface area (Å²) in [5.41, 5.74) is 0. The van der Waals surface area contributed by atoms with Gasteiger partial charge < -0.3 is 10.6 Å². The standard InChI is InChI=1S/C13H26N2O/c1-5-9(2)11(4)15-13(16)12-6-7-14-10(3)8-12/h9-12,14H,5-8H2,1-4H3,(H,15,16)/t9?,10-,11?,12-/m0/s1. The highest BCUT2D eigenvalue weighted by Gasteiger charge is 2.26. The van der Waals surface area contributed by atoms with Gasteiger partial charge in [-0.1, -0.05) is 20.3 Å². The molecular formula is C13H26N2O. The first-order valence-electron chi connectivity index (χ1n) is 6.58. The zero-order chi connectivity index (χ0) is 12.1. The van der Waals surface area contributed by atoms with E-state index in [-0.39, 0.29) is 11.8 Å². The van der Waals surface area contributed by atoms with E-state index in [9.17, 15) is 4.79 Å². The lowest BCUT2D eigenvalue weighted by molar-refractivity contribution is -0.127. The highest BCUT2D eigenvalue weighted by atomic mass is 16.1. The van der Waals surface area contributed by atoms with Gasteiger partial charge in [0.1, 0.15) is 0 Å². The van der Waals surface area contributed by atoms with Crippen molar-refractivity contribution in [2.45, 2.75) is 59.0 Å². The highest BCUT2D eigenvalue weighted by molar-refractivity contribution is 5.79. The van der Waals surface area contributed by atoms with E-state index < -0.39 is 0 Å². The van der Waals surface area contributed by atoms with Crippen LogP contribution in [-0.2, 0) is 4.79 Å².